The Morgan fingerprint density at radius 3 is 1.33 bits per heavy atom. The number of carbonyl (C=O) groups is 2. The highest BCUT2D eigenvalue weighted by Gasteiger charge is 2.26. The van der Waals surface area contributed by atoms with E-state index in [-0.39, 0.29) is 11.5 Å². The van der Waals surface area contributed by atoms with Gasteiger partial charge in [-0.25, -0.2) is 9.59 Å². The molecule has 0 amide bonds. The Balaban J connectivity index is 0.893. The normalized spacial score (nSPS) is 18.1. The molecule has 2 fully saturated rings. The zero-order valence-corrected chi connectivity index (χ0v) is 44.3. The first-order valence-electron chi connectivity index (χ1n) is 29.1. The molecule has 8 rings (SSSR count). The Hall–Kier alpha value is -5.22. The van der Waals surface area contributed by atoms with E-state index in [0.717, 1.165) is 82.0 Å². The summed E-state index contributed by atoms with van der Waals surface area (Å²) in [5, 5.41) is 3.87. The van der Waals surface area contributed by atoms with Crippen LogP contribution in [-0.2, 0) is 12.8 Å². The maximum absolute atomic E-state index is 14.3. The summed E-state index contributed by atoms with van der Waals surface area (Å²) < 4.78 is 12.8. The van der Waals surface area contributed by atoms with Crippen LogP contribution in [0.4, 0.5) is 0 Å². The highest BCUT2D eigenvalue weighted by Crippen LogP contribution is 2.47. The van der Waals surface area contributed by atoms with Crippen LogP contribution < -0.4 is 9.47 Å². The number of benzene rings is 6. The molecule has 72 heavy (non-hydrogen) atoms. The van der Waals surface area contributed by atoms with Crippen molar-refractivity contribution in [2.24, 2.45) is 23.7 Å². The fourth-order valence-corrected chi connectivity index (χ4v) is 12.3. The van der Waals surface area contributed by atoms with E-state index in [0.29, 0.717) is 11.1 Å². The monoisotopic (exact) mass is 967 g/mol. The second kappa shape index (κ2) is 28.3. The van der Waals surface area contributed by atoms with Crippen LogP contribution in [0.15, 0.2) is 121 Å². The van der Waals surface area contributed by atoms with E-state index in [2.05, 4.69) is 62.4 Å². The number of rotatable bonds is 27. The van der Waals surface area contributed by atoms with Crippen molar-refractivity contribution in [2.75, 3.05) is 0 Å². The molecule has 0 unspecified atom stereocenters. The minimum Gasteiger partial charge on any atom is -0.419 e. The van der Waals surface area contributed by atoms with Gasteiger partial charge in [0.2, 0.25) is 0 Å². The fraction of sp³-hybridized carbons (Fsp3) is 0.500. The smallest absolute Gasteiger partial charge is 0.343 e. The number of esters is 2. The molecule has 4 nitrogen and oxygen atoms in total. The second-order valence-electron chi connectivity index (χ2n) is 22.2. The lowest BCUT2D eigenvalue weighted by molar-refractivity contribution is 0.0683. The summed E-state index contributed by atoms with van der Waals surface area (Å²) in [5.74, 6) is 3.17. The molecule has 0 bridgehead atoms. The van der Waals surface area contributed by atoms with Crippen LogP contribution in [-0.4, -0.2) is 11.9 Å². The number of hydrogen-bond donors (Lipinski definition) is 0. The minimum absolute atomic E-state index is 0.215. The molecule has 0 N–H and O–H groups in total. The maximum Gasteiger partial charge on any atom is 0.343 e. The van der Waals surface area contributed by atoms with Gasteiger partial charge in [0.1, 0.15) is 0 Å². The van der Waals surface area contributed by atoms with Crippen molar-refractivity contribution in [1.29, 1.82) is 0 Å². The van der Waals surface area contributed by atoms with Gasteiger partial charge >= 0.3 is 11.9 Å². The van der Waals surface area contributed by atoms with E-state index >= 15 is 0 Å². The lowest BCUT2D eigenvalue weighted by Crippen LogP contribution is -2.14. The first kappa shape index (κ1) is 53.1. The predicted molar refractivity (Wildman–Crippen MR) is 302 cm³/mol. The van der Waals surface area contributed by atoms with Gasteiger partial charge in [0.25, 0.3) is 0 Å². The van der Waals surface area contributed by atoms with Crippen LogP contribution in [0, 0.1) is 23.7 Å². The first-order valence-corrected chi connectivity index (χ1v) is 29.1. The van der Waals surface area contributed by atoms with Crippen molar-refractivity contribution in [2.45, 2.75) is 194 Å². The zero-order chi connectivity index (χ0) is 49.7. The lowest BCUT2D eigenvalue weighted by atomic mass is 9.78. The molecule has 0 atom stereocenters. The van der Waals surface area contributed by atoms with Crippen molar-refractivity contribution >= 4 is 33.5 Å². The number of carbonyl (C=O) groups excluding carboxylic acids is 2. The van der Waals surface area contributed by atoms with Crippen LogP contribution in [0.1, 0.15) is 213 Å². The van der Waals surface area contributed by atoms with Gasteiger partial charge in [0.05, 0.1) is 11.1 Å². The molecule has 0 aromatic heterocycles. The Bertz CT molecular complexity index is 2570. The largest absolute Gasteiger partial charge is 0.419 e. The molecule has 0 heterocycles. The van der Waals surface area contributed by atoms with E-state index in [9.17, 15) is 9.59 Å². The van der Waals surface area contributed by atoms with Gasteiger partial charge in [-0.3, -0.25) is 0 Å². The Morgan fingerprint density at radius 1 is 0.417 bits per heavy atom. The summed E-state index contributed by atoms with van der Waals surface area (Å²) in [6.07, 6.45) is 37.6. The van der Waals surface area contributed by atoms with E-state index in [1.54, 1.807) is 0 Å². The average Bonchev–Trinajstić information content (AvgIpc) is 3.42. The molecule has 6 aromatic rings. The first-order chi connectivity index (χ1) is 35.4. The summed E-state index contributed by atoms with van der Waals surface area (Å²) in [6.45, 7) is 4.59. The molecular formula is C68H86O4. The molecule has 2 aliphatic rings. The molecule has 2 aliphatic carbocycles. The summed E-state index contributed by atoms with van der Waals surface area (Å²) >= 11 is 0. The molecule has 2 saturated carbocycles. The topological polar surface area (TPSA) is 52.6 Å². The summed E-state index contributed by atoms with van der Waals surface area (Å²) in [6, 6.07) is 40.1. The number of fused-ring (bicyclic) bond motifs is 2. The molecule has 4 heteroatoms. The summed E-state index contributed by atoms with van der Waals surface area (Å²) in [4.78, 5) is 28.5. The van der Waals surface area contributed by atoms with Crippen LogP contribution in [0.5, 0.6) is 11.5 Å². The van der Waals surface area contributed by atoms with Crippen LogP contribution in [0.25, 0.3) is 32.7 Å². The third kappa shape index (κ3) is 15.4. The quantitative estimate of drug-likeness (QED) is 0.0293. The van der Waals surface area contributed by atoms with Crippen molar-refractivity contribution < 1.29 is 19.1 Å². The van der Waals surface area contributed by atoms with Gasteiger partial charge in [0, 0.05) is 5.56 Å². The third-order valence-corrected chi connectivity index (χ3v) is 16.8. The second-order valence-corrected chi connectivity index (χ2v) is 22.2. The SMILES string of the molecule is CCCCCCCC1CCC(CCCCc2ccc(C(=O)Oc3cc4ccccc4c(-c4cccc5ccccc45)c3OC(=O)c3ccc(CCCCC4CCC(CCCCCCC)CC4)cc3)cc2)CC1. The highest BCUT2D eigenvalue weighted by molar-refractivity contribution is 6.10. The van der Waals surface area contributed by atoms with Gasteiger partial charge in [-0.2, -0.15) is 0 Å². The number of aryl methyl sites for hydroxylation is 2. The molecule has 6 aromatic carbocycles. The Morgan fingerprint density at radius 2 is 0.833 bits per heavy atom. The lowest BCUT2D eigenvalue weighted by Gasteiger charge is -2.28. The zero-order valence-electron chi connectivity index (χ0n) is 44.3. The molecule has 0 radical (unpaired) electrons. The van der Waals surface area contributed by atoms with Crippen molar-refractivity contribution in [3.05, 3.63) is 144 Å². The summed E-state index contributed by atoms with van der Waals surface area (Å²) in [5.41, 5.74) is 5.01. The fourth-order valence-electron chi connectivity index (χ4n) is 12.3. The molecule has 0 aliphatic heterocycles. The Kier molecular flexibility index (Phi) is 20.9. The average molecular weight is 967 g/mol. The van der Waals surface area contributed by atoms with E-state index < -0.39 is 11.9 Å². The number of ether oxygens (including phenoxy) is 2. The van der Waals surface area contributed by atoms with E-state index in [1.807, 2.05) is 72.8 Å². The standard InChI is InChI=1S/C68H86O4/c1-3-5-7-9-11-22-51-34-38-53(39-35-51)24-13-15-26-55-42-46-58(47-43-55)67(69)71-64-50-60-29-18-20-32-62(60)65(63-33-21-30-57-28-17-19-31-61(57)63)66(64)72-68(70)59-48-44-56(45-49-59)27-16-14-25-54-40-36-52(37-41-54)23-12-10-8-6-4-2/h17-21,28-33,42-54H,3-16,22-27,34-41H2,1-2H3. The predicted octanol–water partition coefficient (Wildman–Crippen LogP) is 19.9. The van der Waals surface area contributed by atoms with E-state index in [1.165, 1.54) is 165 Å². The van der Waals surface area contributed by atoms with Gasteiger partial charge in [-0.1, -0.05) is 259 Å². The number of unbranched alkanes of at least 4 members (excludes halogenated alkanes) is 10. The number of hydrogen-bond acceptors (Lipinski definition) is 4. The third-order valence-electron chi connectivity index (χ3n) is 16.8. The van der Waals surface area contributed by atoms with Crippen LogP contribution >= 0.6 is 0 Å². The van der Waals surface area contributed by atoms with Gasteiger partial charge in [0.15, 0.2) is 11.5 Å². The minimum atomic E-state index is -0.489. The van der Waals surface area contributed by atoms with Crippen molar-refractivity contribution in [3.8, 4) is 22.6 Å². The van der Waals surface area contributed by atoms with Crippen molar-refractivity contribution in [3.63, 3.8) is 0 Å². The molecule has 382 valence electrons. The van der Waals surface area contributed by atoms with Crippen LogP contribution in [0.2, 0.25) is 0 Å². The molecule has 0 spiro atoms. The van der Waals surface area contributed by atoms with Gasteiger partial charge in [-0.15, -0.1) is 0 Å². The summed E-state index contributed by atoms with van der Waals surface area (Å²) in [7, 11) is 0. The van der Waals surface area contributed by atoms with Crippen LogP contribution in [0.3, 0.4) is 0 Å². The Labute approximate surface area is 434 Å². The highest BCUT2D eigenvalue weighted by atomic mass is 16.6. The molecule has 0 saturated heterocycles. The molecular weight excluding hydrogens is 881 g/mol. The van der Waals surface area contributed by atoms with Gasteiger partial charge < -0.3 is 9.47 Å². The van der Waals surface area contributed by atoms with E-state index in [4.69, 9.17) is 9.47 Å². The van der Waals surface area contributed by atoms with Crippen molar-refractivity contribution in [1.82, 2.24) is 0 Å². The van der Waals surface area contributed by atoms with Gasteiger partial charge in [-0.05, 0) is 118 Å². The maximum atomic E-state index is 14.3.